The number of nitrogens with zero attached hydrogens (tertiary/aromatic N) is 1. The number of nitrogens with one attached hydrogen (secondary N) is 1. The molecule has 0 unspecified atom stereocenters. The zero-order chi connectivity index (χ0) is 12.3. The summed E-state index contributed by atoms with van der Waals surface area (Å²) in [6.07, 6.45) is 7.34. The van der Waals surface area contributed by atoms with Gasteiger partial charge in [-0.25, -0.2) is 0 Å². The van der Waals surface area contributed by atoms with Crippen LogP contribution in [0.3, 0.4) is 0 Å². The van der Waals surface area contributed by atoms with Gasteiger partial charge in [-0.3, -0.25) is 4.79 Å². The molecule has 0 radical (unpaired) electrons. The lowest BCUT2D eigenvalue weighted by Crippen LogP contribution is -2.35. The molecule has 1 saturated heterocycles. The Morgan fingerprint density at radius 2 is 1.82 bits per heavy atom. The molecule has 100 valence electrons. The Morgan fingerprint density at radius 1 is 1.12 bits per heavy atom. The molecular weight excluding hydrogens is 216 g/mol. The maximum Gasteiger partial charge on any atom is 0.220 e. The van der Waals surface area contributed by atoms with E-state index in [1.54, 1.807) is 0 Å². The Kier molecular flexibility index (Phi) is 8.01. The topological polar surface area (TPSA) is 52.6 Å². The average Bonchev–Trinajstić information content (AvgIpc) is 2.58. The normalized spacial score (nSPS) is 17.7. The first kappa shape index (κ1) is 14.5. The van der Waals surface area contributed by atoms with E-state index in [4.69, 9.17) is 5.11 Å². The van der Waals surface area contributed by atoms with Crippen molar-refractivity contribution in [2.24, 2.45) is 0 Å². The van der Waals surface area contributed by atoms with Crippen LogP contribution in [0.2, 0.25) is 0 Å². The molecule has 0 aliphatic carbocycles. The highest BCUT2D eigenvalue weighted by Crippen LogP contribution is 2.08. The molecule has 4 heteroatoms. The molecule has 1 amide bonds. The van der Waals surface area contributed by atoms with Crippen molar-refractivity contribution < 1.29 is 9.90 Å². The van der Waals surface area contributed by atoms with Gasteiger partial charge >= 0.3 is 0 Å². The van der Waals surface area contributed by atoms with E-state index in [0.717, 1.165) is 25.9 Å². The van der Waals surface area contributed by atoms with Crippen molar-refractivity contribution >= 4 is 5.91 Å². The van der Waals surface area contributed by atoms with E-state index >= 15 is 0 Å². The Hall–Kier alpha value is -0.610. The first-order valence-corrected chi connectivity index (χ1v) is 6.93. The Morgan fingerprint density at radius 3 is 2.47 bits per heavy atom. The van der Waals surface area contributed by atoms with Crippen molar-refractivity contribution in [2.75, 3.05) is 32.8 Å². The second-order valence-corrected chi connectivity index (χ2v) is 4.79. The smallest absolute Gasteiger partial charge is 0.220 e. The van der Waals surface area contributed by atoms with Crippen molar-refractivity contribution in [3.8, 4) is 0 Å². The summed E-state index contributed by atoms with van der Waals surface area (Å²) >= 11 is 0. The maximum absolute atomic E-state index is 11.4. The minimum absolute atomic E-state index is 0.119. The standard InChI is InChI=1S/C13H26N2O2/c16-12-6-3-7-13(17)14-8-11-15-9-4-1-2-5-10-15/h16H,1-12H2,(H,14,17). The molecule has 17 heavy (non-hydrogen) atoms. The van der Waals surface area contributed by atoms with Crippen molar-refractivity contribution in [2.45, 2.75) is 44.9 Å². The van der Waals surface area contributed by atoms with Gasteiger partial charge in [-0.1, -0.05) is 12.8 Å². The predicted molar refractivity (Wildman–Crippen MR) is 68.9 cm³/mol. The summed E-state index contributed by atoms with van der Waals surface area (Å²) < 4.78 is 0. The molecule has 0 spiro atoms. The largest absolute Gasteiger partial charge is 0.396 e. The third kappa shape index (κ3) is 7.34. The van der Waals surface area contributed by atoms with Gasteiger partial charge in [0.05, 0.1) is 0 Å². The molecule has 0 bridgehead atoms. The molecule has 1 heterocycles. The molecule has 1 rings (SSSR count). The van der Waals surface area contributed by atoms with Gasteiger partial charge in [0, 0.05) is 26.1 Å². The molecule has 0 atom stereocenters. The van der Waals surface area contributed by atoms with Crippen LogP contribution in [0.25, 0.3) is 0 Å². The number of carbonyl (C=O) groups is 1. The van der Waals surface area contributed by atoms with Crippen LogP contribution in [0, 0.1) is 0 Å². The molecule has 1 aliphatic heterocycles. The number of aliphatic hydroxyl groups is 1. The van der Waals surface area contributed by atoms with E-state index < -0.39 is 0 Å². The van der Waals surface area contributed by atoms with Gasteiger partial charge in [-0.2, -0.15) is 0 Å². The van der Waals surface area contributed by atoms with E-state index in [-0.39, 0.29) is 12.5 Å². The molecule has 0 aromatic carbocycles. The van der Waals surface area contributed by atoms with Crippen LogP contribution < -0.4 is 5.32 Å². The van der Waals surface area contributed by atoms with Gasteiger partial charge in [0.2, 0.25) is 5.91 Å². The molecule has 0 aromatic heterocycles. The highest BCUT2D eigenvalue weighted by Gasteiger charge is 2.08. The Labute approximate surface area is 104 Å². The molecule has 1 fully saturated rings. The molecule has 4 nitrogen and oxygen atoms in total. The van der Waals surface area contributed by atoms with E-state index in [2.05, 4.69) is 10.2 Å². The number of carbonyl (C=O) groups excluding carboxylic acids is 1. The fourth-order valence-corrected chi connectivity index (χ4v) is 2.20. The van der Waals surface area contributed by atoms with Crippen LogP contribution in [0.4, 0.5) is 0 Å². The summed E-state index contributed by atoms with van der Waals surface area (Å²) in [6, 6.07) is 0. The van der Waals surface area contributed by atoms with E-state index in [0.29, 0.717) is 6.42 Å². The molecule has 0 aromatic rings. The maximum atomic E-state index is 11.4. The van der Waals surface area contributed by atoms with E-state index in [9.17, 15) is 4.79 Å². The second kappa shape index (κ2) is 9.42. The Bertz CT molecular complexity index is 202. The number of rotatable bonds is 7. The zero-order valence-corrected chi connectivity index (χ0v) is 10.8. The van der Waals surface area contributed by atoms with Crippen LogP contribution in [-0.4, -0.2) is 48.7 Å². The van der Waals surface area contributed by atoms with Gasteiger partial charge in [-0.15, -0.1) is 0 Å². The van der Waals surface area contributed by atoms with Crippen LogP contribution in [0.5, 0.6) is 0 Å². The monoisotopic (exact) mass is 242 g/mol. The second-order valence-electron chi connectivity index (χ2n) is 4.79. The Balaban J connectivity index is 1.99. The summed E-state index contributed by atoms with van der Waals surface area (Å²) in [6.45, 7) is 4.28. The predicted octanol–water partition coefficient (Wildman–Crippen LogP) is 1.14. The summed E-state index contributed by atoms with van der Waals surface area (Å²) in [7, 11) is 0. The van der Waals surface area contributed by atoms with Crippen LogP contribution in [0.1, 0.15) is 44.9 Å². The van der Waals surface area contributed by atoms with Crippen LogP contribution in [0.15, 0.2) is 0 Å². The molecule has 1 aliphatic rings. The van der Waals surface area contributed by atoms with Gasteiger partial charge in [-0.05, 0) is 38.8 Å². The van der Waals surface area contributed by atoms with Gasteiger partial charge < -0.3 is 15.3 Å². The molecule has 2 N–H and O–H groups in total. The van der Waals surface area contributed by atoms with Crippen molar-refractivity contribution in [3.05, 3.63) is 0 Å². The average molecular weight is 242 g/mol. The summed E-state index contributed by atoms with van der Waals surface area (Å²) in [5, 5.41) is 11.6. The lowest BCUT2D eigenvalue weighted by atomic mass is 10.2. The van der Waals surface area contributed by atoms with E-state index in [1.807, 2.05) is 0 Å². The lowest BCUT2D eigenvalue weighted by molar-refractivity contribution is -0.121. The minimum atomic E-state index is 0.119. The van der Waals surface area contributed by atoms with Crippen LogP contribution >= 0.6 is 0 Å². The third-order valence-corrected chi connectivity index (χ3v) is 3.26. The van der Waals surface area contributed by atoms with Crippen LogP contribution in [-0.2, 0) is 4.79 Å². The highest BCUT2D eigenvalue weighted by molar-refractivity contribution is 5.75. The fraction of sp³-hybridized carbons (Fsp3) is 0.923. The number of amides is 1. The lowest BCUT2D eigenvalue weighted by Gasteiger charge is -2.19. The molecular formula is C13H26N2O2. The summed E-state index contributed by atoms with van der Waals surface area (Å²) in [5.74, 6) is 0.119. The quantitative estimate of drug-likeness (QED) is 0.658. The first-order chi connectivity index (χ1) is 8.33. The van der Waals surface area contributed by atoms with Crippen molar-refractivity contribution in [1.82, 2.24) is 10.2 Å². The summed E-state index contributed by atoms with van der Waals surface area (Å²) in [4.78, 5) is 13.9. The fourth-order valence-electron chi connectivity index (χ4n) is 2.20. The van der Waals surface area contributed by atoms with Crippen molar-refractivity contribution in [3.63, 3.8) is 0 Å². The number of aliphatic hydroxyl groups excluding tert-OH is 1. The third-order valence-electron chi connectivity index (χ3n) is 3.26. The number of hydrogen-bond acceptors (Lipinski definition) is 3. The first-order valence-electron chi connectivity index (χ1n) is 6.93. The van der Waals surface area contributed by atoms with Gasteiger partial charge in [0.25, 0.3) is 0 Å². The number of unbranched alkanes of at least 4 members (excludes halogenated alkanes) is 1. The zero-order valence-electron chi connectivity index (χ0n) is 10.8. The minimum Gasteiger partial charge on any atom is -0.396 e. The summed E-state index contributed by atoms with van der Waals surface area (Å²) in [5.41, 5.74) is 0. The molecule has 0 saturated carbocycles. The van der Waals surface area contributed by atoms with E-state index in [1.165, 1.54) is 38.8 Å². The van der Waals surface area contributed by atoms with Gasteiger partial charge in [0.15, 0.2) is 0 Å². The number of hydrogen-bond donors (Lipinski definition) is 2. The number of likely N-dealkylation sites (tertiary alicyclic amines) is 1. The van der Waals surface area contributed by atoms with Crippen molar-refractivity contribution in [1.29, 1.82) is 0 Å². The highest BCUT2D eigenvalue weighted by atomic mass is 16.2. The SMILES string of the molecule is O=C(CCCCO)NCCN1CCCCCC1. The van der Waals surface area contributed by atoms with Gasteiger partial charge in [0.1, 0.15) is 0 Å².